The molecule has 31 heavy (non-hydrogen) atoms. The van der Waals surface area contributed by atoms with E-state index in [9.17, 15) is 14.0 Å². The van der Waals surface area contributed by atoms with Crippen LogP contribution < -0.4 is 20.9 Å². The van der Waals surface area contributed by atoms with Gasteiger partial charge in [0.05, 0.1) is 13.7 Å². The summed E-state index contributed by atoms with van der Waals surface area (Å²) in [7, 11) is 1.40. The Morgan fingerprint density at radius 1 is 1.19 bits per heavy atom. The van der Waals surface area contributed by atoms with E-state index in [-0.39, 0.29) is 17.9 Å². The van der Waals surface area contributed by atoms with E-state index in [2.05, 4.69) is 15.6 Å². The lowest BCUT2D eigenvalue weighted by molar-refractivity contribution is 0.102. The number of hydrogen-bond acceptors (Lipinski definition) is 5. The number of nitrogens with one attached hydrogen (secondary N) is 3. The van der Waals surface area contributed by atoms with Crippen molar-refractivity contribution in [2.45, 2.75) is 13.5 Å². The van der Waals surface area contributed by atoms with Crippen LogP contribution in [-0.4, -0.2) is 36.3 Å². The van der Waals surface area contributed by atoms with Crippen molar-refractivity contribution in [1.29, 1.82) is 0 Å². The Hall–Kier alpha value is -3.49. The van der Waals surface area contributed by atoms with Crippen LogP contribution in [0.25, 0.3) is 11.1 Å². The maximum atomic E-state index is 14.7. The first-order valence-corrected chi connectivity index (χ1v) is 9.73. The molecular weight excluding hydrogens is 401 g/mol. The number of methoxy groups -OCH3 is 1. The molecule has 0 saturated heterocycles. The number of hydrogen-bond donors (Lipinski definition) is 4. The van der Waals surface area contributed by atoms with E-state index < -0.39 is 17.3 Å². The first-order valence-electron chi connectivity index (χ1n) is 9.73. The fourth-order valence-corrected chi connectivity index (χ4v) is 3.24. The number of ether oxygens (including phenoxy) is 1. The minimum atomic E-state index is -0.573. The SMILES string of the molecule is COc1cccc(-c2cccc(NC(=O)c3cc(CNCCO)c[nH]c3=O)c2C)c1F. The summed E-state index contributed by atoms with van der Waals surface area (Å²) in [4.78, 5) is 27.5. The number of carbonyl (C=O) groups is 1. The van der Waals surface area contributed by atoms with Gasteiger partial charge in [-0.3, -0.25) is 9.59 Å². The van der Waals surface area contributed by atoms with Crippen molar-refractivity contribution in [1.82, 2.24) is 10.3 Å². The van der Waals surface area contributed by atoms with Crippen molar-refractivity contribution in [2.75, 3.05) is 25.6 Å². The summed E-state index contributed by atoms with van der Waals surface area (Å²) >= 11 is 0. The third kappa shape index (κ3) is 4.99. The lowest BCUT2D eigenvalue weighted by atomic mass is 9.98. The van der Waals surface area contributed by atoms with Gasteiger partial charge in [-0.25, -0.2) is 4.39 Å². The van der Waals surface area contributed by atoms with Gasteiger partial charge in [-0.05, 0) is 41.8 Å². The average molecular weight is 425 g/mol. The zero-order valence-electron chi connectivity index (χ0n) is 17.3. The molecule has 0 unspecified atom stereocenters. The third-order valence-electron chi connectivity index (χ3n) is 4.88. The molecule has 0 aliphatic rings. The summed E-state index contributed by atoms with van der Waals surface area (Å²) in [5.74, 6) is -0.933. The van der Waals surface area contributed by atoms with E-state index in [0.29, 0.717) is 41.0 Å². The Balaban J connectivity index is 1.89. The average Bonchev–Trinajstić information content (AvgIpc) is 2.77. The van der Waals surface area contributed by atoms with Gasteiger partial charge in [-0.15, -0.1) is 0 Å². The van der Waals surface area contributed by atoms with Crippen LogP contribution in [0.3, 0.4) is 0 Å². The number of aliphatic hydroxyl groups excluding tert-OH is 1. The molecule has 8 heteroatoms. The van der Waals surface area contributed by atoms with Gasteiger partial charge in [0.1, 0.15) is 5.56 Å². The summed E-state index contributed by atoms with van der Waals surface area (Å²) in [5, 5.41) is 14.6. The molecule has 0 spiro atoms. The van der Waals surface area contributed by atoms with Gasteiger partial charge in [-0.2, -0.15) is 0 Å². The fourth-order valence-electron chi connectivity index (χ4n) is 3.24. The highest BCUT2D eigenvalue weighted by Gasteiger charge is 2.17. The minimum Gasteiger partial charge on any atom is -0.494 e. The molecule has 0 aliphatic carbocycles. The second-order valence-corrected chi connectivity index (χ2v) is 6.91. The lowest BCUT2D eigenvalue weighted by Crippen LogP contribution is -2.25. The molecule has 1 heterocycles. The largest absolute Gasteiger partial charge is 0.494 e. The van der Waals surface area contributed by atoms with Gasteiger partial charge in [0, 0.05) is 30.5 Å². The highest BCUT2D eigenvalue weighted by molar-refractivity contribution is 6.05. The second kappa shape index (κ2) is 10.0. The molecule has 162 valence electrons. The summed E-state index contributed by atoms with van der Waals surface area (Å²) in [6, 6.07) is 11.5. The van der Waals surface area contributed by atoms with E-state index in [1.807, 2.05) is 0 Å². The molecule has 0 fully saturated rings. The summed E-state index contributed by atoms with van der Waals surface area (Å²) in [6.07, 6.45) is 1.51. The molecule has 7 nitrogen and oxygen atoms in total. The quantitative estimate of drug-likeness (QED) is 0.416. The molecule has 4 N–H and O–H groups in total. The molecule has 3 aromatic rings. The highest BCUT2D eigenvalue weighted by atomic mass is 19.1. The van der Waals surface area contributed by atoms with E-state index in [1.165, 1.54) is 25.4 Å². The number of carbonyl (C=O) groups excluding carboxylic acids is 1. The normalized spacial score (nSPS) is 10.7. The Morgan fingerprint density at radius 2 is 1.94 bits per heavy atom. The van der Waals surface area contributed by atoms with Crippen LogP contribution in [0.5, 0.6) is 5.75 Å². The summed E-state index contributed by atoms with van der Waals surface area (Å²) in [5.41, 5.74) is 2.21. The summed E-state index contributed by atoms with van der Waals surface area (Å²) < 4.78 is 19.8. The number of anilines is 1. The molecule has 2 aromatic carbocycles. The molecular formula is C23H24FN3O4. The monoisotopic (exact) mass is 425 g/mol. The maximum absolute atomic E-state index is 14.7. The molecule has 0 radical (unpaired) electrons. The molecule has 0 atom stereocenters. The Kier molecular flexibility index (Phi) is 7.17. The topological polar surface area (TPSA) is 103 Å². The van der Waals surface area contributed by atoms with Crippen molar-refractivity contribution in [2.24, 2.45) is 0 Å². The van der Waals surface area contributed by atoms with E-state index in [1.54, 1.807) is 37.3 Å². The van der Waals surface area contributed by atoms with Gasteiger partial charge in [0.25, 0.3) is 11.5 Å². The first-order chi connectivity index (χ1) is 15.0. The van der Waals surface area contributed by atoms with E-state index in [0.717, 1.165) is 0 Å². The lowest BCUT2D eigenvalue weighted by Gasteiger charge is -2.14. The number of pyridine rings is 1. The van der Waals surface area contributed by atoms with Crippen molar-refractivity contribution >= 4 is 11.6 Å². The zero-order chi connectivity index (χ0) is 22.4. The Bertz CT molecular complexity index is 1140. The van der Waals surface area contributed by atoms with Crippen molar-refractivity contribution in [3.8, 4) is 16.9 Å². The third-order valence-corrected chi connectivity index (χ3v) is 4.88. The van der Waals surface area contributed by atoms with Gasteiger partial charge in [0.2, 0.25) is 0 Å². The molecule has 3 rings (SSSR count). The van der Waals surface area contributed by atoms with Crippen LogP contribution in [0.2, 0.25) is 0 Å². The number of amides is 1. The van der Waals surface area contributed by atoms with Crippen LogP contribution in [0, 0.1) is 12.7 Å². The highest BCUT2D eigenvalue weighted by Crippen LogP contribution is 2.33. The standard InChI is InChI=1S/C23H24FN3O4/c1-14-16(17-6-4-8-20(31-2)21(17)24)5-3-7-19(14)27-23(30)18-11-15(12-25-9-10-28)13-26-22(18)29/h3-8,11,13,25,28H,9-10,12H2,1-2H3,(H,26,29)(H,27,30). The molecule has 0 aliphatic heterocycles. The molecule has 1 amide bonds. The molecule has 1 aromatic heterocycles. The fraction of sp³-hybridized carbons (Fsp3) is 0.217. The van der Waals surface area contributed by atoms with Crippen molar-refractivity contribution in [3.05, 3.63) is 81.5 Å². The minimum absolute atomic E-state index is 0.0137. The Labute approximate surface area is 178 Å². The van der Waals surface area contributed by atoms with Crippen LogP contribution in [0.15, 0.2) is 53.5 Å². The number of rotatable bonds is 8. The number of aromatic amines is 1. The smallest absolute Gasteiger partial charge is 0.261 e. The number of aromatic nitrogens is 1. The number of halogens is 1. The number of aliphatic hydroxyl groups is 1. The van der Waals surface area contributed by atoms with Gasteiger partial charge < -0.3 is 25.5 Å². The van der Waals surface area contributed by atoms with Gasteiger partial charge >= 0.3 is 0 Å². The van der Waals surface area contributed by atoms with Crippen LogP contribution in [0.4, 0.5) is 10.1 Å². The van der Waals surface area contributed by atoms with Gasteiger partial charge in [-0.1, -0.05) is 24.3 Å². The van der Waals surface area contributed by atoms with Crippen LogP contribution in [-0.2, 0) is 6.54 Å². The zero-order valence-corrected chi connectivity index (χ0v) is 17.3. The van der Waals surface area contributed by atoms with Crippen molar-refractivity contribution in [3.63, 3.8) is 0 Å². The maximum Gasteiger partial charge on any atom is 0.261 e. The predicted molar refractivity (Wildman–Crippen MR) is 117 cm³/mol. The van der Waals surface area contributed by atoms with Gasteiger partial charge in [0.15, 0.2) is 11.6 Å². The van der Waals surface area contributed by atoms with Crippen molar-refractivity contribution < 1.29 is 19.0 Å². The molecule has 0 bridgehead atoms. The predicted octanol–water partition coefficient (Wildman–Crippen LogP) is 2.83. The van der Waals surface area contributed by atoms with Crippen LogP contribution in [0.1, 0.15) is 21.5 Å². The second-order valence-electron chi connectivity index (χ2n) is 6.91. The Morgan fingerprint density at radius 3 is 2.68 bits per heavy atom. The molecule has 0 saturated carbocycles. The van der Waals surface area contributed by atoms with E-state index in [4.69, 9.17) is 9.84 Å². The first kappa shape index (κ1) is 22.2. The number of benzene rings is 2. The van der Waals surface area contributed by atoms with Crippen LogP contribution >= 0.6 is 0 Å². The van der Waals surface area contributed by atoms with E-state index >= 15 is 0 Å². The summed E-state index contributed by atoms with van der Waals surface area (Å²) in [6.45, 7) is 2.54. The number of H-pyrrole nitrogens is 1.